The average molecular weight is 419 g/mol. The van der Waals surface area contributed by atoms with Gasteiger partial charge in [0.1, 0.15) is 11.6 Å². The highest BCUT2D eigenvalue weighted by atomic mass is 32.2. The molecule has 6 nitrogen and oxygen atoms in total. The van der Waals surface area contributed by atoms with Gasteiger partial charge >= 0.3 is 0 Å². The third-order valence-electron chi connectivity index (χ3n) is 4.54. The summed E-state index contributed by atoms with van der Waals surface area (Å²) < 4.78 is 5.38. The second-order valence-electron chi connectivity index (χ2n) is 6.86. The van der Waals surface area contributed by atoms with Gasteiger partial charge in [-0.15, -0.1) is 0 Å². The fourth-order valence-electron chi connectivity index (χ4n) is 2.93. The molecule has 0 atom stereocenters. The highest BCUT2D eigenvalue weighted by molar-refractivity contribution is 7.99. The molecule has 0 aliphatic carbocycles. The maximum atomic E-state index is 12.3. The van der Waals surface area contributed by atoms with E-state index in [0.29, 0.717) is 18.2 Å². The molecular formula is C23H22N4O2S. The van der Waals surface area contributed by atoms with E-state index < -0.39 is 0 Å². The zero-order chi connectivity index (χ0) is 20.8. The van der Waals surface area contributed by atoms with Crippen molar-refractivity contribution < 1.29 is 9.21 Å². The summed E-state index contributed by atoms with van der Waals surface area (Å²) in [5.41, 5.74) is 3.10. The van der Waals surface area contributed by atoms with E-state index in [-0.39, 0.29) is 11.7 Å². The predicted molar refractivity (Wildman–Crippen MR) is 119 cm³/mol. The first-order valence-corrected chi connectivity index (χ1v) is 10.6. The maximum absolute atomic E-state index is 12.3. The number of benzene rings is 2. The molecule has 4 rings (SSSR count). The Hall–Kier alpha value is -3.32. The number of para-hydroxylation sites is 1. The van der Waals surface area contributed by atoms with Crippen LogP contribution in [0.5, 0.6) is 0 Å². The molecule has 0 aliphatic heterocycles. The number of aromatic nitrogens is 2. The Morgan fingerprint density at radius 3 is 2.63 bits per heavy atom. The number of nitrogens with zero attached hydrogens (tertiary/aromatic N) is 2. The zero-order valence-electron chi connectivity index (χ0n) is 16.6. The van der Waals surface area contributed by atoms with Gasteiger partial charge < -0.3 is 15.1 Å². The van der Waals surface area contributed by atoms with Crippen molar-refractivity contribution in [1.29, 1.82) is 0 Å². The molecule has 0 unspecified atom stereocenters. The molecule has 2 N–H and O–H groups in total. The molecule has 0 aliphatic rings. The van der Waals surface area contributed by atoms with E-state index in [2.05, 4.69) is 20.6 Å². The first-order chi connectivity index (χ1) is 14.7. The van der Waals surface area contributed by atoms with E-state index in [1.807, 2.05) is 67.6 Å². The standard InChI is InChI=1S/C23H22N4O2S/c1-16-8-10-17(11-9-16)13-24-21(28)15-30-23-26-20-7-3-2-6-19(20)22(27-23)25-14-18-5-4-12-29-18/h2-12H,13-15H2,1H3,(H,24,28)(H,25,26,27). The Bertz CT molecular complexity index is 1130. The van der Waals surface area contributed by atoms with E-state index in [9.17, 15) is 4.79 Å². The van der Waals surface area contributed by atoms with Crippen LogP contribution in [-0.4, -0.2) is 21.6 Å². The topological polar surface area (TPSA) is 80.0 Å². The minimum Gasteiger partial charge on any atom is -0.467 e. The SMILES string of the molecule is Cc1ccc(CNC(=O)CSc2nc(NCc3ccco3)c3ccccc3n2)cc1. The third kappa shape index (κ3) is 5.18. The summed E-state index contributed by atoms with van der Waals surface area (Å²) in [6.45, 7) is 3.07. The normalized spacial score (nSPS) is 10.8. The van der Waals surface area contributed by atoms with Crippen LogP contribution in [0, 0.1) is 6.92 Å². The molecule has 0 spiro atoms. The number of hydrogen-bond donors (Lipinski definition) is 2. The molecule has 1 amide bonds. The number of amides is 1. The van der Waals surface area contributed by atoms with Crippen molar-refractivity contribution in [3.8, 4) is 0 Å². The number of aryl methyl sites for hydroxylation is 1. The van der Waals surface area contributed by atoms with Crippen molar-refractivity contribution in [3.05, 3.63) is 83.8 Å². The summed E-state index contributed by atoms with van der Waals surface area (Å²) in [5, 5.41) is 7.74. The summed E-state index contributed by atoms with van der Waals surface area (Å²) in [4.78, 5) is 21.5. The number of thioether (sulfide) groups is 1. The first kappa shape index (κ1) is 20.0. The van der Waals surface area contributed by atoms with Crippen molar-refractivity contribution in [2.24, 2.45) is 0 Å². The summed E-state index contributed by atoms with van der Waals surface area (Å²) in [6.07, 6.45) is 1.64. The average Bonchev–Trinajstić information content (AvgIpc) is 3.29. The quantitative estimate of drug-likeness (QED) is 0.323. The van der Waals surface area contributed by atoms with Gasteiger partial charge in [-0.1, -0.05) is 53.7 Å². The molecular weight excluding hydrogens is 396 g/mol. The Morgan fingerprint density at radius 1 is 1.00 bits per heavy atom. The van der Waals surface area contributed by atoms with E-state index in [1.54, 1.807) is 6.26 Å². The molecule has 0 fully saturated rings. The lowest BCUT2D eigenvalue weighted by atomic mass is 10.1. The number of hydrogen-bond acceptors (Lipinski definition) is 6. The smallest absolute Gasteiger partial charge is 0.230 e. The van der Waals surface area contributed by atoms with Crippen LogP contribution in [0.25, 0.3) is 10.9 Å². The fraction of sp³-hybridized carbons (Fsp3) is 0.174. The number of rotatable bonds is 8. The molecule has 2 heterocycles. The molecule has 0 radical (unpaired) electrons. The van der Waals surface area contributed by atoms with Crippen LogP contribution in [0.1, 0.15) is 16.9 Å². The third-order valence-corrected chi connectivity index (χ3v) is 5.38. The van der Waals surface area contributed by atoms with Crippen molar-refractivity contribution in [3.63, 3.8) is 0 Å². The van der Waals surface area contributed by atoms with Crippen molar-refractivity contribution in [2.75, 3.05) is 11.1 Å². The highest BCUT2D eigenvalue weighted by Gasteiger charge is 2.10. The van der Waals surface area contributed by atoms with E-state index in [0.717, 1.165) is 28.0 Å². The fourth-order valence-corrected chi connectivity index (χ4v) is 3.61. The highest BCUT2D eigenvalue weighted by Crippen LogP contribution is 2.24. The summed E-state index contributed by atoms with van der Waals surface area (Å²) in [6, 6.07) is 19.7. The molecule has 2 aromatic heterocycles. The van der Waals surface area contributed by atoms with Gasteiger partial charge in [-0.3, -0.25) is 4.79 Å². The molecule has 2 aromatic carbocycles. The second-order valence-corrected chi connectivity index (χ2v) is 7.80. The number of fused-ring (bicyclic) bond motifs is 1. The van der Waals surface area contributed by atoms with Crippen LogP contribution >= 0.6 is 11.8 Å². The summed E-state index contributed by atoms with van der Waals surface area (Å²) in [5.74, 6) is 1.74. The van der Waals surface area contributed by atoms with Crippen LogP contribution < -0.4 is 10.6 Å². The van der Waals surface area contributed by atoms with Gasteiger partial charge in [0.15, 0.2) is 5.16 Å². The van der Waals surface area contributed by atoms with Crippen LogP contribution in [0.2, 0.25) is 0 Å². The number of nitrogens with one attached hydrogen (secondary N) is 2. The first-order valence-electron chi connectivity index (χ1n) is 9.65. The molecule has 152 valence electrons. The van der Waals surface area contributed by atoms with Gasteiger partial charge in [0, 0.05) is 11.9 Å². The number of carbonyl (C=O) groups is 1. The monoisotopic (exact) mass is 418 g/mol. The van der Waals surface area contributed by atoms with Gasteiger partial charge in [0.2, 0.25) is 5.91 Å². The van der Waals surface area contributed by atoms with Crippen molar-refractivity contribution in [2.45, 2.75) is 25.2 Å². The minimum absolute atomic E-state index is 0.0533. The lowest BCUT2D eigenvalue weighted by molar-refractivity contribution is -0.118. The van der Waals surface area contributed by atoms with Crippen molar-refractivity contribution >= 4 is 34.4 Å². The largest absolute Gasteiger partial charge is 0.467 e. The molecule has 0 bridgehead atoms. The van der Waals surface area contributed by atoms with Crippen LogP contribution in [0.15, 0.2) is 76.5 Å². The second kappa shape index (κ2) is 9.45. The number of carbonyl (C=O) groups excluding carboxylic acids is 1. The predicted octanol–water partition coefficient (Wildman–Crippen LogP) is 4.55. The Morgan fingerprint density at radius 2 is 1.83 bits per heavy atom. The van der Waals surface area contributed by atoms with Gasteiger partial charge in [-0.2, -0.15) is 0 Å². The Kier molecular flexibility index (Phi) is 6.29. The van der Waals surface area contributed by atoms with Crippen LogP contribution in [-0.2, 0) is 17.9 Å². The molecule has 0 saturated carbocycles. The number of furan rings is 1. The lowest BCUT2D eigenvalue weighted by Crippen LogP contribution is -2.24. The van der Waals surface area contributed by atoms with Gasteiger partial charge in [-0.25, -0.2) is 9.97 Å². The van der Waals surface area contributed by atoms with Gasteiger partial charge in [0.25, 0.3) is 0 Å². The summed E-state index contributed by atoms with van der Waals surface area (Å²) >= 11 is 1.32. The van der Waals surface area contributed by atoms with E-state index in [1.165, 1.54) is 17.3 Å². The zero-order valence-corrected chi connectivity index (χ0v) is 17.4. The van der Waals surface area contributed by atoms with Gasteiger partial charge in [0.05, 0.1) is 24.1 Å². The molecule has 30 heavy (non-hydrogen) atoms. The summed E-state index contributed by atoms with van der Waals surface area (Å²) in [7, 11) is 0. The Balaban J connectivity index is 1.40. The van der Waals surface area contributed by atoms with E-state index in [4.69, 9.17) is 4.42 Å². The Labute approximate surface area is 179 Å². The lowest BCUT2D eigenvalue weighted by Gasteiger charge is -2.10. The number of anilines is 1. The van der Waals surface area contributed by atoms with E-state index >= 15 is 0 Å². The molecule has 0 saturated heterocycles. The molecule has 4 aromatic rings. The van der Waals surface area contributed by atoms with Gasteiger partial charge in [-0.05, 0) is 36.8 Å². The van der Waals surface area contributed by atoms with Crippen molar-refractivity contribution in [1.82, 2.24) is 15.3 Å². The minimum atomic E-state index is -0.0533. The van der Waals surface area contributed by atoms with Crippen LogP contribution in [0.4, 0.5) is 5.82 Å². The molecule has 7 heteroatoms. The van der Waals surface area contributed by atoms with Crippen LogP contribution in [0.3, 0.4) is 0 Å². The maximum Gasteiger partial charge on any atom is 0.230 e.